The van der Waals surface area contributed by atoms with E-state index in [2.05, 4.69) is 39.0 Å². The van der Waals surface area contributed by atoms with Gasteiger partial charge < -0.3 is 0 Å². The monoisotopic (exact) mass is 152 g/mol. The predicted molar refractivity (Wildman–Crippen MR) is 52.7 cm³/mol. The summed E-state index contributed by atoms with van der Waals surface area (Å²) in [5, 5.41) is 0. The third-order valence-electron chi connectivity index (χ3n) is 1.67. The molecule has 0 aliphatic rings. The SMILES string of the molecule is CC/C=C/C(=C/CCC)CC. The average Bonchev–Trinajstić information content (AvgIpc) is 2.05. The molecule has 0 aromatic heterocycles. The van der Waals surface area contributed by atoms with Crippen LogP contribution in [0.1, 0.15) is 46.5 Å². The molecule has 0 N–H and O–H groups in total. The summed E-state index contributed by atoms with van der Waals surface area (Å²) in [6, 6.07) is 0. The lowest BCUT2D eigenvalue weighted by Crippen LogP contribution is -1.74. The summed E-state index contributed by atoms with van der Waals surface area (Å²) in [7, 11) is 0. The van der Waals surface area contributed by atoms with Gasteiger partial charge in [-0.1, -0.05) is 51.0 Å². The molecular weight excluding hydrogens is 132 g/mol. The summed E-state index contributed by atoms with van der Waals surface area (Å²) >= 11 is 0. The quantitative estimate of drug-likeness (QED) is 0.520. The average molecular weight is 152 g/mol. The van der Waals surface area contributed by atoms with Crippen LogP contribution in [0.5, 0.6) is 0 Å². The third-order valence-corrected chi connectivity index (χ3v) is 1.67. The van der Waals surface area contributed by atoms with Crippen LogP contribution in [0.25, 0.3) is 0 Å². The molecule has 0 nitrogen and oxygen atoms in total. The van der Waals surface area contributed by atoms with Crippen LogP contribution in [0.15, 0.2) is 23.8 Å². The van der Waals surface area contributed by atoms with E-state index >= 15 is 0 Å². The maximum Gasteiger partial charge on any atom is -0.0311 e. The molecule has 0 spiro atoms. The highest BCUT2D eigenvalue weighted by Crippen LogP contribution is 2.05. The Morgan fingerprint density at radius 2 is 1.91 bits per heavy atom. The van der Waals surface area contributed by atoms with Gasteiger partial charge in [-0.3, -0.25) is 0 Å². The first kappa shape index (κ1) is 10.5. The van der Waals surface area contributed by atoms with Gasteiger partial charge in [0.05, 0.1) is 0 Å². The molecular formula is C11H20. The molecule has 0 aliphatic heterocycles. The Morgan fingerprint density at radius 3 is 2.36 bits per heavy atom. The van der Waals surface area contributed by atoms with Crippen molar-refractivity contribution in [1.82, 2.24) is 0 Å². The van der Waals surface area contributed by atoms with Gasteiger partial charge in [0.25, 0.3) is 0 Å². The summed E-state index contributed by atoms with van der Waals surface area (Å²) < 4.78 is 0. The van der Waals surface area contributed by atoms with Gasteiger partial charge in [-0.05, 0) is 19.3 Å². The Labute approximate surface area is 71.0 Å². The first-order valence-electron chi connectivity index (χ1n) is 4.70. The van der Waals surface area contributed by atoms with Crippen LogP contribution < -0.4 is 0 Å². The minimum atomic E-state index is 1.14. The minimum Gasteiger partial charge on any atom is -0.0845 e. The number of hydrogen-bond acceptors (Lipinski definition) is 0. The van der Waals surface area contributed by atoms with E-state index in [0.29, 0.717) is 0 Å². The Morgan fingerprint density at radius 1 is 1.18 bits per heavy atom. The normalized spacial score (nSPS) is 12.8. The molecule has 0 saturated carbocycles. The summed E-state index contributed by atoms with van der Waals surface area (Å²) in [5.41, 5.74) is 1.48. The van der Waals surface area contributed by atoms with E-state index in [4.69, 9.17) is 0 Å². The summed E-state index contributed by atoms with van der Waals surface area (Å²) in [6.07, 6.45) is 11.6. The Balaban J connectivity index is 3.83. The summed E-state index contributed by atoms with van der Waals surface area (Å²) in [6.45, 7) is 6.60. The molecule has 0 amide bonds. The maximum absolute atomic E-state index is 2.34. The minimum absolute atomic E-state index is 1.14. The van der Waals surface area contributed by atoms with Crippen molar-refractivity contribution in [3.05, 3.63) is 23.8 Å². The van der Waals surface area contributed by atoms with Crippen LogP contribution in [0.2, 0.25) is 0 Å². The Hall–Kier alpha value is -0.520. The molecule has 0 fully saturated rings. The second-order valence-electron chi connectivity index (χ2n) is 2.73. The van der Waals surface area contributed by atoms with Crippen LogP contribution in [-0.2, 0) is 0 Å². The van der Waals surface area contributed by atoms with Crippen molar-refractivity contribution in [2.75, 3.05) is 0 Å². The molecule has 0 saturated heterocycles. The largest absolute Gasteiger partial charge is 0.0845 e. The molecule has 0 bridgehead atoms. The lowest BCUT2D eigenvalue weighted by Gasteiger charge is -1.95. The molecule has 0 radical (unpaired) electrons. The topological polar surface area (TPSA) is 0 Å². The lowest BCUT2D eigenvalue weighted by atomic mass is 10.1. The first-order chi connectivity index (χ1) is 5.35. The molecule has 0 heterocycles. The molecule has 0 aliphatic carbocycles. The van der Waals surface area contributed by atoms with Crippen LogP contribution in [0, 0.1) is 0 Å². The van der Waals surface area contributed by atoms with E-state index in [1.165, 1.54) is 18.4 Å². The van der Waals surface area contributed by atoms with Gasteiger partial charge in [0.1, 0.15) is 0 Å². The van der Waals surface area contributed by atoms with Crippen LogP contribution in [-0.4, -0.2) is 0 Å². The predicted octanol–water partition coefficient (Wildman–Crippen LogP) is 4.09. The molecule has 11 heavy (non-hydrogen) atoms. The maximum atomic E-state index is 2.34. The van der Waals surface area contributed by atoms with Gasteiger partial charge in [0.2, 0.25) is 0 Å². The van der Waals surface area contributed by atoms with Crippen molar-refractivity contribution >= 4 is 0 Å². The third kappa shape index (κ3) is 5.90. The van der Waals surface area contributed by atoms with Gasteiger partial charge in [-0.2, -0.15) is 0 Å². The number of rotatable bonds is 5. The van der Waals surface area contributed by atoms with E-state index < -0.39 is 0 Å². The van der Waals surface area contributed by atoms with E-state index in [0.717, 1.165) is 12.8 Å². The zero-order valence-corrected chi connectivity index (χ0v) is 8.06. The van der Waals surface area contributed by atoms with E-state index in [1.807, 2.05) is 0 Å². The molecule has 0 atom stereocenters. The van der Waals surface area contributed by atoms with Gasteiger partial charge in [0, 0.05) is 0 Å². The van der Waals surface area contributed by atoms with E-state index in [1.54, 1.807) is 0 Å². The van der Waals surface area contributed by atoms with Crippen molar-refractivity contribution in [3.63, 3.8) is 0 Å². The van der Waals surface area contributed by atoms with Crippen LogP contribution in [0.4, 0.5) is 0 Å². The van der Waals surface area contributed by atoms with E-state index in [-0.39, 0.29) is 0 Å². The fraction of sp³-hybridized carbons (Fsp3) is 0.636. The van der Waals surface area contributed by atoms with Crippen molar-refractivity contribution in [1.29, 1.82) is 0 Å². The molecule has 0 unspecified atom stereocenters. The summed E-state index contributed by atoms with van der Waals surface area (Å²) in [5.74, 6) is 0. The van der Waals surface area contributed by atoms with Crippen molar-refractivity contribution in [3.8, 4) is 0 Å². The highest BCUT2D eigenvalue weighted by Gasteiger charge is 1.85. The Bertz CT molecular complexity index is 129. The number of hydrogen-bond donors (Lipinski definition) is 0. The standard InChI is InChI=1S/C11H20/c1-4-7-9-11(6-3)10-8-5-2/h7,9-10H,4-6,8H2,1-3H3/b9-7+,11-10+. The number of allylic oxidation sites excluding steroid dienone is 4. The zero-order chi connectivity index (χ0) is 8.53. The van der Waals surface area contributed by atoms with Gasteiger partial charge in [-0.15, -0.1) is 0 Å². The van der Waals surface area contributed by atoms with Crippen LogP contribution in [0.3, 0.4) is 0 Å². The zero-order valence-electron chi connectivity index (χ0n) is 8.06. The van der Waals surface area contributed by atoms with Gasteiger partial charge >= 0.3 is 0 Å². The summed E-state index contributed by atoms with van der Waals surface area (Å²) in [4.78, 5) is 0. The van der Waals surface area contributed by atoms with Gasteiger partial charge in [0.15, 0.2) is 0 Å². The first-order valence-corrected chi connectivity index (χ1v) is 4.70. The Kier molecular flexibility index (Phi) is 7.23. The molecule has 0 heteroatoms. The van der Waals surface area contributed by atoms with Crippen molar-refractivity contribution in [2.45, 2.75) is 46.5 Å². The highest BCUT2D eigenvalue weighted by molar-refractivity contribution is 5.17. The smallest absolute Gasteiger partial charge is 0.0311 e. The fourth-order valence-corrected chi connectivity index (χ4v) is 0.929. The van der Waals surface area contributed by atoms with Crippen LogP contribution >= 0.6 is 0 Å². The number of unbranched alkanes of at least 4 members (excludes halogenated alkanes) is 1. The second kappa shape index (κ2) is 7.59. The lowest BCUT2D eigenvalue weighted by molar-refractivity contribution is 0.941. The molecule has 0 aromatic rings. The van der Waals surface area contributed by atoms with Crippen molar-refractivity contribution < 1.29 is 0 Å². The second-order valence-corrected chi connectivity index (χ2v) is 2.73. The molecule has 0 rings (SSSR count). The molecule has 64 valence electrons. The highest BCUT2D eigenvalue weighted by atomic mass is 13.9. The molecule has 0 aromatic carbocycles. The van der Waals surface area contributed by atoms with Crippen molar-refractivity contribution in [2.24, 2.45) is 0 Å². The van der Waals surface area contributed by atoms with E-state index in [9.17, 15) is 0 Å². The van der Waals surface area contributed by atoms with Gasteiger partial charge in [-0.25, -0.2) is 0 Å². The fourth-order valence-electron chi connectivity index (χ4n) is 0.929.